The summed E-state index contributed by atoms with van der Waals surface area (Å²) in [5.74, 6) is 0.663. The van der Waals surface area contributed by atoms with Crippen molar-refractivity contribution in [3.63, 3.8) is 0 Å². The van der Waals surface area contributed by atoms with Gasteiger partial charge in [0.25, 0.3) is 0 Å². The van der Waals surface area contributed by atoms with E-state index in [0.29, 0.717) is 5.13 Å². The van der Waals surface area contributed by atoms with E-state index in [0.717, 1.165) is 34.7 Å². The van der Waals surface area contributed by atoms with Gasteiger partial charge in [-0.3, -0.25) is 4.79 Å². The highest BCUT2D eigenvalue weighted by Gasteiger charge is 2.46. The second-order valence-electron chi connectivity index (χ2n) is 5.26. The standard InChI is InChI=1S/C15H17N3O2S.ClH/c1-9-12(10-3-5-11(20-2)6-4-10)17-14(21-9)18-13(19)15(16)7-8-15;/h3-6H,7-8,16H2,1-2H3,(H,17,18,19);1H. The van der Waals surface area contributed by atoms with Gasteiger partial charge in [-0.05, 0) is 44.0 Å². The number of halogens is 1. The van der Waals surface area contributed by atoms with Gasteiger partial charge in [-0.15, -0.1) is 23.7 Å². The number of aromatic nitrogens is 1. The van der Waals surface area contributed by atoms with Crippen molar-refractivity contribution in [1.29, 1.82) is 0 Å². The Labute approximate surface area is 139 Å². The number of hydrogen-bond acceptors (Lipinski definition) is 5. The van der Waals surface area contributed by atoms with Crippen molar-refractivity contribution in [2.24, 2.45) is 5.73 Å². The summed E-state index contributed by atoms with van der Waals surface area (Å²) in [6.45, 7) is 1.99. The number of methoxy groups -OCH3 is 1. The topological polar surface area (TPSA) is 77.2 Å². The minimum Gasteiger partial charge on any atom is -0.497 e. The number of rotatable bonds is 4. The van der Waals surface area contributed by atoms with Crippen LogP contribution in [0.1, 0.15) is 17.7 Å². The second kappa shape index (κ2) is 6.24. The summed E-state index contributed by atoms with van der Waals surface area (Å²) in [6, 6.07) is 7.70. The zero-order valence-corrected chi connectivity index (χ0v) is 14.0. The Morgan fingerprint density at radius 1 is 1.36 bits per heavy atom. The lowest BCUT2D eigenvalue weighted by molar-refractivity contribution is -0.118. The van der Waals surface area contributed by atoms with E-state index in [4.69, 9.17) is 10.5 Å². The fourth-order valence-corrected chi connectivity index (χ4v) is 2.88. The highest BCUT2D eigenvalue weighted by atomic mass is 35.5. The van der Waals surface area contributed by atoms with Gasteiger partial charge in [0.2, 0.25) is 5.91 Å². The maximum atomic E-state index is 12.0. The zero-order chi connectivity index (χ0) is 15.0. The van der Waals surface area contributed by atoms with Crippen LogP contribution in [0.4, 0.5) is 5.13 Å². The summed E-state index contributed by atoms with van der Waals surface area (Å²) in [7, 11) is 1.64. The van der Waals surface area contributed by atoms with Crippen LogP contribution in [-0.4, -0.2) is 23.5 Å². The molecule has 0 bridgehead atoms. The second-order valence-corrected chi connectivity index (χ2v) is 6.47. The predicted molar refractivity (Wildman–Crippen MR) is 90.9 cm³/mol. The number of nitrogens with zero attached hydrogens (tertiary/aromatic N) is 1. The van der Waals surface area contributed by atoms with Crippen LogP contribution in [0.3, 0.4) is 0 Å². The smallest absolute Gasteiger partial charge is 0.246 e. The summed E-state index contributed by atoms with van der Waals surface area (Å²) in [6.07, 6.45) is 1.49. The first-order valence-corrected chi connectivity index (χ1v) is 7.56. The molecule has 1 aliphatic carbocycles. The third-order valence-corrected chi connectivity index (χ3v) is 4.51. The molecular formula is C15H18ClN3O2S. The Bertz CT molecular complexity index is 681. The molecule has 2 aromatic rings. The average molecular weight is 340 g/mol. The number of thiazole rings is 1. The van der Waals surface area contributed by atoms with Gasteiger partial charge in [-0.1, -0.05) is 0 Å². The quantitative estimate of drug-likeness (QED) is 0.897. The normalized spacial score (nSPS) is 14.9. The number of carbonyl (C=O) groups excluding carboxylic acids is 1. The molecule has 1 saturated carbocycles. The molecule has 1 fully saturated rings. The minimum atomic E-state index is -0.681. The SMILES string of the molecule is COc1ccc(-c2nc(NC(=O)C3(N)CC3)sc2C)cc1.Cl. The fraction of sp³-hybridized carbons (Fsp3) is 0.333. The van der Waals surface area contributed by atoms with Crippen molar-refractivity contribution >= 4 is 34.8 Å². The van der Waals surface area contributed by atoms with E-state index in [1.807, 2.05) is 31.2 Å². The number of benzene rings is 1. The Balaban J connectivity index is 0.00000176. The molecule has 1 aromatic heterocycles. The maximum absolute atomic E-state index is 12.0. The molecule has 118 valence electrons. The number of nitrogens with one attached hydrogen (secondary N) is 1. The first kappa shape index (κ1) is 16.7. The third-order valence-electron chi connectivity index (χ3n) is 3.62. The van der Waals surface area contributed by atoms with Crippen molar-refractivity contribution in [1.82, 2.24) is 4.98 Å². The average Bonchev–Trinajstić information content (AvgIpc) is 3.13. The Morgan fingerprint density at radius 3 is 2.55 bits per heavy atom. The highest BCUT2D eigenvalue weighted by Crippen LogP contribution is 2.35. The van der Waals surface area contributed by atoms with Gasteiger partial charge in [-0.2, -0.15) is 0 Å². The Morgan fingerprint density at radius 2 is 2.00 bits per heavy atom. The molecule has 7 heteroatoms. The van der Waals surface area contributed by atoms with Crippen molar-refractivity contribution < 1.29 is 9.53 Å². The van der Waals surface area contributed by atoms with Gasteiger partial charge < -0.3 is 15.8 Å². The number of aryl methyl sites for hydroxylation is 1. The van der Waals surface area contributed by atoms with E-state index >= 15 is 0 Å². The van der Waals surface area contributed by atoms with E-state index in [9.17, 15) is 4.79 Å². The molecule has 1 aliphatic rings. The molecule has 3 rings (SSSR count). The van der Waals surface area contributed by atoms with Gasteiger partial charge >= 0.3 is 0 Å². The predicted octanol–water partition coefficient (Wildman–Crippen LogP) is 2.98. The third kappa shape index (κ3) is 3.24. The lowest BCUT2D eigenvalue weighted by Gasteiger charge is -2.06. The van der Waals surface area contributed by atoms with Crippen molar-refractivity contribution in [3.8, 4) is 17.0 Å². The molecule has 0 radical (unpaired) electrons. The Hall–Kier alpha value is -1.63. The van der Waals surface area contributed by atoms with Gasteiger partial charge in [-0.25, -0.2) is 4.98 Å². The van der Waals surface area contributed by atoms with Crippen molar-refractivity contribution in [2.75, 3.05) is 12.4 Å². The van der Waals surface area contributed by atoms with Crippen LogP contribution in [0.2, 0.25) is 0 Å². The van der Waals surface area contributed by atoms with E-state index in [1.165, 1.54) is 11.3 Å². The molecule has 0 spiro atoms. The molecule has 1 amide bonds. The lowest BCUT2D eigenvalue weighted by Crippen LogP contribution is -2.37. The number of carbonyl (C=O) groups is 1. The first-order valence-electron chi connectivity index (χ1n) is 6.74. The minimum absolute atomic E-state index is 0. The van der Waals surface area contributed by atoms with E-state index in [1.54, 1.807) is 7.11 Å². The van der Waals surface area contributed by atoms with E-state index < -0.39 is 5.54 Å². The van der Waals surface area contributed by atoms with Crippen LogP contribution in [0.5, 0.6) is 5.75 Å². The molecule has 1 heterocycles. The van der Waals surface area contributed by atoms with Gasteiger partial charge in [0.15, 0.2) is 5.13 Å². The van der Waals surface area contributed by atoms with Crippen LogP contribution < -0.4 is 15.8 Å². The number of hydrogen-bond donors (Lipinski definition) is 2. The summed E-state index contributed by atoms with van der Waals surface area (Å²) < 4.78 is 5.15. The summed E-state index contributed by atoms with van der Waals surface area (Å²) in [5.41, 5.74) is 7.07. The van der Waals surface area contributed by atoms with Crippen LogP contribution in [-0.2, 0) is 4.79 Å². The van der Waals surface area contributed by atoms with Crippen molar-refractivity contribution in [2.45, 2.75) is 25.3 Å². The monoisotopic (exact) mass is 339 g/mol. The molecule has 0 saturated heterocycles. The number of amides is 1. The van der Waals surface area contributed by atoms with Crippen LogP contribution in [0, 0.1) is 6.92 Å². The largest absolute Gasteiger partial charge is 0.497 e. The van der Waals surface area contributed by atoms with E-state index in [-0.39, 0.29) is 18.3 Å². The van der Waals surface area contributed by atoms with Gasteiger partial charge in [0, 0.05) is 10.4 Å². The number of nitrogens with two attached hydrogens (primary N) is 1. The molecule has 0 atom stereocenters. The molecular weight excluding hydrogens is 322 g/mol. The van der Waals surface area contributed by atoms with Crippen LogP contribution in [0.25, 0.3) is 11.3 Å². The molecule has 22 heavy (non-hydrogen) atoms. The highest BCUT2D eigenvalue weighted by molar-refractivity contribution is 7.16. The summed E-state index contributed by atoms with van der Waals surface area (Å²) in [4.78, 5) is 17.5. The molecule has 3 N–H and O–H groups in total. The first-order chi connectivity index (χ1) is 10.0. The lowest BCUT2D eigenvalue weighted by atomic mass is 10.1. The van der Waals surface area contributed by atoms with Gasteiger partial charge in [0.05, 0.1) is 18.3 Å². The van der Waals surface area contributed by atoms with Crippen LogP contribution >= 0.6 is 23.7 Å². The summed E-state index contributed by atoms with van der Waals surface area (Å²) in [5, 5.41) is 3.41. The van der Waals surface area contributed by atoms with Crippen LogP contribution in [0.15, 0.2) is 24.3 Å². The van der Waals surface area contributed by atoms with Gasteiger partial charge in [0.1, 0.15) is 5.75 Å². The maximum Gasteiger partial charge on any atom is 0.246 e. The number of anilines is 1. The molecule has 0 aliphatic heterocycles. The molecule has 0 unspecified atom stereocenters. The Kier molecular flexibility index (Phi) is 4.75. The number of ether oxygens (including phenoxy) is 1. The van der Waals surface area contributed by atoms with E-state index in [2.05, 4.69) is 10.3 Å². The molecule has 5 nitrogen and oxygen atoms in total. The fourth-order valence-electron chi connectivity index (χ4n) is 2.05. The van der Waals surface area contributed by atoms with Crippen molar-refractivity contribution in [3.05, 3.63) is 29.1 Å². The summed E-state index contributed by atoms with van der Waals surface area (Å²) >= 11 is 1.46. The zero-order valence-electron chi connectivity index (χ0n) is 12.4. The molecule has 1 aromatic carbocycles.